The maximum Gasteiger partial charge on any atom is 0.401 e. The molecule has 0 aliphatic carbocycles. The first kappa shape index (κ1) is 25.6. The van der Waals surface area contributed by atoms with Gasteiger partial charge < -0.3 is 4.90 Å². The minimum atomic E-state index is -4.22. The van der Waals surface area contributed by atoms with Gasteiger partial charge in [-0.05, 0) is 31.3 Å². The molecule has 1 aromatic rings. The monoisotopic (exact) mass is 500 g/mol. The van der Waals surface area contributed by atoms with Crippen LogP contribution in [0.2, 0.25) is 0 Å². The summed E-state index contributed by atoms with van der Waals surface area (Å²) in [5.74, 6) is 9.64. The van der Waals surface area contributed by atoms with Crippen molar-refractivity contribution in [3.05, 3.63) is 23.5 Å². The molecule has 2 N–H and O–H groups in total. The molecule has 1 saturated heterocycles. The van der Waals surface area contributed by atoms with Crippen LogP contribution in [-0.2, 0) is 21.2 Å². The maximum absolute atomic E-state index is 12.6. The summed E-state index contributed by atoms with van der Waals surface area (Å²) in [6.07, 6.45) is -2.03. The molecule has 0 spiro atoms. The summed E-state index contributed by atoms with van der Waals surface area (Å²) in [5, 5.41) is 8.89. The first-order valence-electron chi connectivity index (χ1n) is 10.2. The summed E-state index contributed by atoms with van der Waals surface area (Å²) >= 11 is 0. The van der Waals surface area contributed by atoms with Gasteiger partial charge in [-0.15, -0.1) is 0 Å². The van der Waals surface area contributed by atoms with Crippen molar-refractivity contribution < 1.29 is 36.4 Å². The van der Waals surface area contributed by atoms with Crippen molar-refractivity contribution in [1.82, 2.24) is 19.8 Å². The average Bonchev–Trinajstić information content (AvgIpc) is 3.23. The molecular formula is C21H23F3N4O5S. The van der Waals surface area contributed by atoms with Crippen LogP contribution < -0.4 is 5.48 Å². The maximum atomic E-state index is 12.6. The third-order valence-corrected chi connectivity index (χ3v) is 7.92. The zero-order valence-corrected chi connectivity index (χ0v) is 19.3. The minimum absolute atomic E-state index is 0.0310. The van der Waals surface area contributed by atoms with Crippen molar-refractivity contribution in [3.8, 4) is 23.7 Å². The largest absolute Gasteiger partial charge is 0.401 e. The van der Waals surface area contributed by atoms with Gasteiger partial charge >= 0.3 is 12.2 Å². The molecule has 0 unspecified atom stereocenters. The van der Waals surface area contributed by atoms with E-state index >= 15 is 0 Å². The van der Waals surface area contributed by atoms with E-state index in [4.69, 9.17) is 5.21 Å². The molecule has 34 heavy (non-hydrogen) atoms. The van der Waals surface area contributed by atoms with E-state index in [1.54, 1.807) is 6.07 Å². The quantitative estimate of drug-likeness (QED) is 0.340. The first-order chi connectivity index (χ1) is 15.7. The number of hydrogen-bond donors (Lipinski definition) is 2. The Morgan fingerprint density at radius 2 is 1.97 bits per heavy atom. The number of alkyl halides is 3. The second-order valence-corrected chi connectivity index (χ2v) is 11.0. The zero-order chi connectivity index (χ0) is 25.3. The fourth-order valence-electron chi connectivity index (χ4n) is 3.69. The lowest BCUT2D eigenvalue weighted by molar-refractivity contribution is -0.156. The molecular weight excluding hydrogens is 477 g/mol. The molecule has 0 aromatic carbocycles. The van der Waals surface area contributed by atoms with Gasteiger partial charge in [0.05, 0.1) is 13.1 Å². The molecule has 0 radical (unpaired) electrons. The summed E-state index contributed by atoms with van der Waals surface area (Å²) in [7, 11) is -3.87. The van der Waals surface area contributed by atoms with Gasteiger partial charge in [-0.25, -0.2) is 18.7 Å². The summed E-state index contributed by atoms with van der Waals surface area (Å²) < 4.78 is 60.4. The van der Waals surface area contributed by atoms with Gasteiger partial charge in [0, 0.05) is 49.3 Å². The van der Waals surface area contributed by atoms with Gasteiger partial charge in [0.25, 0.3) is 5.91 Å². The molecule has 9 nitrogen and oxygen atoms in total. The van der Waals surface area contributed by atoms with Crippen molar-refractivity contribution in [2.75, 3.05) is 32.4 Å². The fraction of sp³-hybridized carbons (Fsp3) is 0.524. The van der Waals surface area contributed by atoms with Crippen LogP contribution in [0.5, 0.6) is 0 Å². The number of nitrogens with one attached hydrogen (secondary N) is 1. The summed E-state index contributed by atoms with van der Waals surface area (Å²) in [6, 6.07) is 1.27. The van der Waals surface area contributed by atoms with E-state index < -0.39 is 39.2 Å². The van der Waals surface area contributed by atoms with Gasteiger partial charge in [0.1, 0.15) is 0 Å². The number of likely N-dealkylation sites (tertiary alicyclic amines) is 1. The topological polar surface area (TPSA) is 112 Å². The summed E-state index contributed by atoms with van der Waals surface area (Å²) in [6.45, 7) is 0.886. The molecule has 1 atom stereocenters. The van der Waals surface area contributed by atoms with Crippen molar-refractivity contribution in [3.63, 3.8) is 0 Å². The molecule has 0 saturated carbocycles. The zero-order valence-electron chi connectivity index (χ0n) is 18.4. The molecule has 1 aromatic heterocycles. The fourth-order valence-corrected chi connectivity index (χ4v) is 4.53. The summed E-state index contributed by atoms with van der Waals surface area (Å²) in [5.41, 5.74) is 2.52. The number of aromatic nitrogens is 1. The lowest BCUT2D eigenvalue weighted by Gasteiger charge is -2.36. The average molecular weight is 500 g/mol. The Morgan fingerprint density at radius 3 is 2.53 bits per heavy atom. The highest BCUT2D eigenvalue weighted by Gasteiger charge is 2.44. The van der Waals surface area contributed by atoms with Crippen LogP contribution in [-0.4, -0.2) is 83.3 Å². The molecule has 184 valence electrons. The van der Waals surface area contributed by atoms with Crippen LogP contribution in [0.1, 0.15) is 24.6 Å². The Morgan fingerprint density at radius 1 is 1.29 bits per heavy atom. The lowest BCUT2D eigenvalue weighted by Crippen LogP contribution is -2.50. The number of nitrogens with zero attached hydrogens (tertiary/aromatic N) is 3. The predicted octanol–water partition coefficient (Wildman–Crippen LogP) is 0.820. The van der Waals surface area contributed by atoms with E-state index in [1.165, 1.54) is 33.0 Å². The number of carbonyl (C=O) groups is 2. The lowest BCUT2D eigenvalue weighted by atomic mass is 10.0. The molecule has 2 aliphatic heterocycles. The number of halogens is 3. The molecule has 2 amide bonds. The van der Waals surface area contributed by atoms with E-state index in [1.807, 2.05) is 0 Å². The standard InChI is InChI=1S/C21H23F3N4O5S/c1-20(18(29)25-31,34(2,32)33)7-8-27-13-17-9-15(12-28(17)19(27)30)5-3-4-6-16-10-26(11-16)14-21(22,23)24/h9,12,16,31H,7-8,10-11,13-14H2,1-2H3,(H,25,29)/t20-/m1/s1. The molecule has 3 heterocycles. The Hall–Kier alpha value is -3.00. The highest BCUT2D eigenvalue weighted by atomic mass is 32.2. The first-order valence-corrected chi connectivity index (χ1v) is 12.1. The van der Waals surface area contributed by atoms with E-state index in [2.05, 4.69) is 23.7 Å². The normalized spacial score (nSPS) is 18.2. The SMILES string of the molecule is C[C@@](CCN1Cc2cc(C#CC#CC3CN(CC(F)(F)F)C3)cn2C1=O)(C(=O)NO)S(C)(=O)=O. The molecule has 1 fully saturated rings. The number of hydroxylamine groups is 1. The van der Waals surface area contributed by atoms with Gasteiger partial charge in [0.15, 0.2) is 14.6 Å². The number of rotatable bonds is 6. The van der Waals surface area contributed by atoms with Gasteiger partial charge in [-0.3, -0.25) is 19.5 Å². The second-order valence-electron chi connectivity index (χ2n) is 8.51. The van der Waals surface area contributed by atoms with Crippen LogP contribution in [0.25, 0.3) is 0 Å². The van der Waals surface area contributed by atoms with E-state index in [0.29, 0.717) is 11.3 Å². The summed E-state index contributed by atoms with van der Waals surface area (Å²) in [4.78, 5) is 27.2. The Balaban J connectivity index is 1.56. The van der Waals surface area contributed by atoms with E-state index in [9.17, 15) is 31.2 Å². The van der Waals surface area contributed by atoms with Crippen LogP contribution >= 0.6 is 0 Å². The molecule has 13 heteroatoms. The Labute approximate surface area is 194 Å². The number of amides is 2. The van der Waals surface area contributed by atoms with Crippen LogP contribution in [0.3, 0.4) is 0 Å². The molecule has 3 rings (SSSR count). The number of fused-ring (bicyclic) bond motifs is 1. The van der Waals surface area contributed by atoms with E-state index in [0.717, 1.165) is 6.26 Å². The van der Waals surface area contributed by atoms with Gasteiger partial charge in [0.2, 0.25) is 0 Å². The van der Waals surface area contributed by atoms with Crippen LogP contribution in [0.15, 0.2) is 12.3 Å². The van der Waals surface area contributed by atoms with Crippen molar-refractivity contribution in [2.24, 2.45) is 5.92 Å². The van der Waals surface area contributed by atoms with E-state index in [-0.39, 0.29) is 38.5 Å². The van der Waals surface area contributed by atoms with Crippen LogP contribution in [0, 0.1) is 29.6 Å². The number of carbonyl (C=O) groups excluding carboxylic acids is 2. The minimum Gasteiger partial charge on any atom is -0.318 e. The molecule has 0 bridgehead atoms. The second kappa shape index (κ2) is 9.33. The Kier molecular flexibility index (Phi) is 7.03. The van der Waals surface area contributed by atoms with Crippen molar-refractivity contribution in [2.45, 2.75) is 30.8 Å². The number of hydrogen-bond acceptors (Lipinski definition) is 6. The van der Waals surface area contributed by atoms with Crippen molar-refractivity contribution in [1.29, 1.82) is 0 Å². The smallest absolute Gasteiger partial charge is 0.318 e. The highest BCUT2D eigenvalue weighted by Crippen LogP contribution is 2.26. The third kappa shape index (κ3) is 5.55. The Bertz CT molecular complexity index is 1210. The molecule has 2 aliphatic rings. The third-order valence-electron chi connectivity index (χ3n) is 5.89. The highest BCUT2D eigenvalue weighted by molar-refractivity contribution is 7.92. The number of sulfone groups is 1. The predicted molar refractivity (Wildman–Crippen MR) is 114 cm³/mol. The van der Waals surface area contributed by atoms with Gasteiger partial charge in [-0.1, -0.05) is 11.8 Å². The van der Waals surface area contributed by atoms with Crippen molar-refractivity contribution >= 4 is 21.8 Å². The van der Waals surface area contributed by atoms with Crippen LogP contribution in [0.4, 0.5) is 18.0 Å². The van der Waals surface area contributed by atoms with Gasteiger partial charge in [-0.2, -0.15) is 13.2 Å².